The van der Waals surface area contributed by atoms with Gasteiger partial charge in [0.25, 0.3) is 0 Å². The number of amides is 1. The number of ether oxygens (including phenoxy) is 3. The molecule has 5 heteroatoms. The van der Waals surface area contributed by atoms with Gasteiger partial charge in [0.15, 0.2) is 0 Å². The first kappa shape index (κ1) is 53.2. The van der Waals surface area contributed by atoms with Crippen molar-refractivity contribution in [3.8, 4) is 0 Å². The van der Waals surface area contributed by atoms with E-state index in [1.165, 1.54) is 154 Å². The van der Waals surface area contributed by atoms with Crippen molar-refractivity contribution in [2.75, 3.05) is 13.7 Å². The first-order chi connectivity index (χ1) is 25.6. The Morgan fingerprint density at radius 3 is 1.20 bits per heavy atom. The molecule has 0 radical (unpaired) electrons. The molecule has 0 fully saturated rings. The van der Waals surface area contributed by atoms with Crippen LogP contribution in [0.15, 0.2) is 0 Å². The monoisotopic (exact) mass is 766 g/mol. The summed E-state index contributed by atoms with van der Waals surface area (Å²) >= 11 is 0. The fourth-order valence-electron chi connectivity index (χ4n) is 8.68. The minimum Gasteiger partial charge on any atom is -0.446 e. The van der Waals surface area contributed by atoms with Gasteiger partial charge in [0, 0.05) is 12.6 Å². The second-order valence-electron chi connectivity index (χ2n) is 19.9. The number of carbonyl (C=O) groups excluding carboxylic acids is 1. The van der Waals surface area contributed by atoms with Gasteiger partial charge in [0.2, 0.25) is 0 Å². The predicted molar refractivity (Wildman–Crippen MR) is 237 cm³/mol. The fourth-order valence-corrected chi connectivity index (χ4v) is 8.68. The number of alkyl carbamates (subject to hydrolysis) is 1. The zero-order valence-corrected chi connectivity index (χ0v) is 38.8. The Bertz CT molecular complexity index is 821. The first-order valence-electron chi connectivity index (χ1n) is 23.7. The maximum Gasteiger partial charge on any atom is 0.407 e. The SMILES string of the molecule is CCCCCCCCCCCCCCCC(CCCCCCCCCCCCCCC)OC(=O)NC(C)(C)CC(C)(C)CC(C)(C)OCCC(C)(C)OC. The van der Waals surface area contributed by atoms with E-state index in [-0.39, 0.29) is 34.4 Å². The summed E-state index contributed by atoms with van der Waals surface area (Å²) in [6, 6.07) is 0. The van der Waals surface area contributed by atoms with Gasteiger partial charge in [-0.05, 0) is 91.9 Å². The summed E-state index contributed by atoms with van der Waals surface area (Å²) in [6.07, 6.45) is 39.6. The van der Waals surface area contributed by atoms with Crippen molar-refractivity contribution >= 4 is 6.09 Å². The van der Waals surface area contributed by atoms with E-state index in [1.807, 2.05) is 0 Å². The van der Waals surface area contributed by atoms with Crippen LogP contribution in [0.5, 0.6) is 0 Å². The zero-order chi connectivity index (χ0) is 40.6. The Morgan fingerprint density at radius 2 is 0.852 bits per heavy atom. The van der Waals surface area contributed by atoms with Gasteiger partial charge in [-0.15, -0.1) is 0 Å². The largest absolute Gasteiger partial charge is 0.446 e. The lowest BCUT2D eigenvalue weighted by Gasteiger charge is -2.40. The van der Waals surface area contributed by atoms with Crippen LogP contribution < -0.4 is 5.32 Å². The fraction of sp³-hybridized carbons (Fsp3) is 0.980. The van der Waals surface area contributed by atoms with Crippen LogP contribution in [-0.2, 0) is 14.2 Å². The molecule has 0 unspecified atom stereocenters. The third kappa shape index (κ3) is 34.4. The van der Waals surface area contributed by atoms with E-state index in [2.05, 4.69) is 74.6 Å². The highest BCUT2D eigenvalue weighted by Crippen LogP contribution is 2.37. The molecular weight excluding hydrogens is 667 g/mol. The number of hydrogen-bond acceptors (Lipinski definition) is 4. The minimum atomic E-state index is -0.385. The van der Waals surface area contributed by atoms with Crippen molar-refractivity contribution in [1.29, 1.82) is 0 Å². The Kier molecular flexibility index (Phi) is 31.7. The van der Waals surface area contributed by atoms with E-state index in [9.17, 15) is 4.79 Å². The molecule has 0 saturated heterocycles. The summed E-state index contributed by atoms with van der Waals surface area (Å²) < 4.78 is 18.2. The molecule has 0 rings (SSSR count). The van der Waals surface area contributed by atoms with Crippen molar-refractivity contribution < 1.29 is 19.0 Å². The lowest BCUT2D eigenvalue weighted by molar-refractivity contribution is -0.0764. The van der Waals surface area contributed by atoms with Gasteiger partial charge in [-0.3, -0.25) is 0 Å². The molecule has 0 aromatic rings. The lowest BCUT2D eigenvalue weighted by atomic mass is 9.73. The van der Waals surface area contributed by atoms with E-state index in [0.717, 1.165) is 44.9 Å². The normalized spacial score (nSPS) is 12.9. The summed E-state index contributed by atoms with van der Waals surface area (Å²) in [5.41, 5.74) is -0.865. The molecule has 0 aromatic carbocycles. The third-order valence-corrected chi connectivity index (χ3v) is 11.5. The Balaban J connectivity index is 4.77. The molecule has 0 aliphatic heterocycles. The minimum absolute atomic E-state index is 0.0120. The van der Waals surface area contributed by atoms with Crippen molar-refractivity contribution in [3.63, 3.8) is 0 Å². The second-order valence-corrected chi connectivity index (χ2v) is 19.9. The molecule has 1 amide bonds. The van der Waals surface area contributed by atoms with Gasteiger partial charge in [-0.25, -0.2) is 4.79 Å². The predicted octanol–water partition coefficient (Wildman–Crippen LogP) is 16.2. The molecule has 1 N–H and O–H groups in total. The van der Waals surface area contributed by atoms with Gasteiger partial charge >= 0.3 is 6.09 Å². The molecule has 0 aromatic heterocycles. The number of rotatable bonds is 39. The first-order valence-corrected chi connectivity index (χ1v) is 23.7. The average molecular weight is 766 g/mol. The number of hydrogen-bond donors (Lipinski definition) is 1. The van der Waals surface area contributed by atoms with Crippen molar-refractivity contribution in [1.82, 2.24) is 5.32 Å². The van der Waals surface area contributed by atoms with Crippen LogP contribution in [0.25, 0.3) is 0 Å². The number of unbranched alkanes of at least 4 members (excludes halogenated alkanes) is 24. The number of methoxy groups -OCH3 is 1. The van der Waals surface area contributed by atoms with Crippen LogP contribution >= 0.6 is 0 Å². The summed E-state index contributed by atoms with van der Waals surface area (Å²) in [5, 5.41) is 3.28. The van der Waals surface area contributed by atoms with Crippen LogP contribution in [0.1, 0.15) is 268 Å². The van der Waals surface area contributed by atoms with Gasteiger partial charge in [0.05, 0.1) is 17.8 Å². The second kappa shape index (κ2) is 32.2. The summed E-state index contributed by atoms with van der Waals surface area (Å²) in [5.74, 6) is 0. The van der Waals surface area contributed by atoms with Crippen LogP contribution in [0.4, 0.5) is 4.79 Å². The Labute approximate surface area is 339 Å². The van der Waals surface area contributed by atoms with Crippen LogP contribution in [-0.4, -0.2) is 42.7 Å². The molecule has 0 aliphatic carbocycles. The molecule has 0 atom stereocenters. The van der Waals surface area contributed by atoms with E-state index >= 15 is 0 Å². The van der Waals surface area contributed by atoms with Gasteiger partial charge in [0.1, 0.15) is 6.10 Å². The maximum absolute atomic E-state index is 13.4. The highest BCUT2D eigenvalue weighted by Gasteiger charge is 2.36. The highest BCUT2D eigenvalue weighted by molar-refractivity contribution is 5.68. The van der Waals surface area contributed by atoms with Crippen molar-refractivity contribution in [3.05, 3.63) is 0 Å². The van der Waals surface area contributed by atoms with E-state index in [1.54, 1.807) is 7.11 Å². The molecular formula is C49H99NO4. The van der Waals surface area contributed by atoms with Crippen LogP contribution in [0, 0.1) is 5.41 Å². The molecule has 5 nitrogen and oxygen atoms in total. The van der Waals surface area contributed by atoms with E-state index in [4.69, 9.17) is 14.2 Å². The topological polar surface area (TPSA) is 56.8 Å². The summed E-state index contributed by atoms with van der Waals surface area (Å²) in [4.78, 5) is 13.4. The highest BCUT2D eigenvalue weighted by atomic mass is 16.6. The molecule has 0 aliphatic rings. The molecule has 54 heavy (non-hydrogen) atoms. The Hall–Kier alpha value is -0.810. The number of carbonyl (C=O) groups is 1. The van der Waals surface area contributed by atoms with Crippen LogP contribution in [0.2, 0.25) is 0 Å². The molecule has 0 saturated carbocycles. The molecule has 0 spiro atoms. The van der Waals surface area contributed by atoms with Gasteiger partial charge in [-0.2, -0.15) is 0 Å². The maximum atomic E-state index is 13.4. The zero-order valence-electron chi connectivity index (χ0n) is 38.8. The molecule has 0 heterocycles. The summed E-state index contributed by atoms with van der Waals surface area (Å²) in [6.45, 7) is 22.7. The lowest BCUT2D eigenvalue weighted by Crippen LogP contribution is -2.48. The van der Waals surface area contributed by atoms with Gasteiger partial charge < -0.3 is 19.5 Å². The standard InChI is InChI=1S/C49H99NO4/c1-12-14-16-18-20-22-24-26-28-30-32-34-36-38-44(39-37-35-33-31-29-27-25-23-21-19-17-15-13-2)54-45(51)50-47(5,6)42-46(3,4)43-49(9,10)53-41-40-48(7,8)52-11/h44H,12-43H2,1-11H3,(H,50,51). The molecule has 0 bridgehead atoms. The van der Waals surface area contributed by atoms with Crippen LogP contribution in [0.3, 0.4) is 0 Å². The quantitative estimate of drug-likeness (QED) is 0.0633. The van der Waals surface area contributed by atoms with Crippen molar-refractivity contribution in [2.45, 2.75) is 291 Å². The summed E-state index contributed by atoms with van der Waals surface area (Å²) in [7, 11) is 1.76. The number of nitrogens with one attached hydrogen (secondary N) is 1. The average Bonchev–Trinajstić information content (AvgIpc) is 3.07. The van der Waals surface area contributed by atoms with Crippen molar-refractivity contribution in [2.24, 2.45) is 5.41 Å². The smallest absolute Gasteiger partial charge is 0.407 e. The Morgan fingerprint density at radius 1 is 0.500 bits per heavy atom. The third-order valence-electron chi connectivity index (χ3n) is 11.5. The molecule has 324 valence electrons. The van der Waals surface area contributed by atoms with Gasteiger partial charge in [-0.1, -0.05) is 182 Å². The van der Waals surface area contributed by atoms with E-state index < -0.39 is 0 Å². The van der Waals surface area contributed by atoms with E-state index in [0.29, 0.717) is 6.61 Å².